The Morgan fingerprint density at radius 1 is 1.40 bits per heavy atom. The monoisotopic (exact) mass is 312 g/mol. The minimum absolute atomic E-state index is 0.181. The lowest BCUT2D eigenvalue weighted by atomic mass is 10.1. The van der Waals surface area contributed by atoms with Crippen LogP contribution in [0, 0.1) is 6.92 Å². The lowest BCUT2D eigenvalue weighted by Gasteiger charge is -2.14. The molecule has 0 radical (unpaired) electrons. The third-order valence-corrected chi connectivity index (χ3v) is 3.66. The second-order valence-electron chi connectivity index (χ2n) is 4.49. The van der Waals surface area contributed by atoms with Gasteiger partial charge >= 0.3 is 0 Å². The lowest BCUT2D eigenvalue weighted by molar-refractivity contribution is 0.0940. The number of pyridine rings is 1. The summed E-state index contributed by atoms with van der Waals surface area (Å²) in [7, 11) is 1.85. The fourth-order valence-electron chi connectivity index (χ4n) is 1.88. The van der Waals surface area contributed by atoms with E-state index in [1.807, 2.05) is 20.9 Å². The maximum atomic E-state index is 12.2. The van der Waals surface area contributed by atoms with Crippen molar-refractivity contribution in [1.29, 1.82) is 0 Å². The van der Waals surface area contributed by atoms with Crippen molar-refractivity contribution in [2.45, 2.75) is 19.9 Å². The molecule has 2 rings (SSSR count). The molecule has 0 aliphatic heterocycles. The van der Waals surface area contributed by atoms with Crippen LogP contribution in [0.4, 0.5) is 0 Å². The number of hydrogen-bond acceptors (Lipinski definition) is 3. The van der Waals surface area contributed by atoms with Gasteiger partial charge in [-0.25, -0.2) is 4.98 Å². The van der Waals surface area contributed by atoms with Crippen LogP contribution in [0.15, 0.2) is 18.5 Å². The van der Waals surface area contributed by atoms with Crippen molar-refractivity contribution in [3.8, 4) is 0 Å². The van der Waals surface area contributed by atoms with Crippen molar-refractivity contribution in [2.75, 3.05) is 0 Å². The summed E-state index contributed by atoms with van der Waals surface area (Å²) in [5, 5.41) is 7.52. The van der Waals surface area contributed by atoms with Crippen molar-refractivity contribution in [2.24, 2.45) is 7.05 Å². The standard InChI is InChI=1S/C13H14Cl2N4O/c1-7(10-5-17-19(3)8(10)2)18-13(20)9-4-12(15)16-6-11(9)14/h4-7H,1-3H3,(H,18,20). The number of aromatic nitrogens is 3. The molecule has 0 aliphatic rings. The van der Waals surface area contributed by atoms with Gasteiger partial charge in [-0.3, -0.25) is 9.48 Å². The van der Waals surface area contributed by atoms with Gasteiger partial charge in [-0.05, 0) is 19.9 Å². The zero-order valence-electron chi connectivity index (χ0n) is 11.3. The molecule has 0 spiro atoms. The molecule has 1 amide bonds. The Morgan fingerprint density at radius 3 is 2.70 bits per heavy atom. The molecule has 20 heavy (non-hydrogen) atoms. The average Bonchev–Trinajstić information content (AvgIpc) is 2.73. The van der Waals surface area contributed by atoms with Crippen LogP contribution in [0.3, 0.4) is 0 Å². The maximum Gasteiger partial charge on any atom is 0.253 e. The van der Waals surface area contributed by atoms with Gasteiger partial charge in [0.15, 0.2) is 0 Å². The first-order chi connectivity index (χ1) is 9.40. The van der Waals surface area contributed by atoms with E-state index >= 15 is 0 Å². The van der Waals surface area contributed by atoms with Crippen LogP contribution in [0.1, 0.15) is 34.6 Å². The first-order valence-corrected chi connectivity index (χ1v) is 6.76. The summed E-state index contributed by atoms with van der Waals surface area (Å²) >= 11 is 11.7. The molecule has 7 heteroatoms. The minimum Gasteiger partial charge on any atom is -0.345 e. The number of nitrogens with one attached hydrogen (secondary N) is 1. The summed E-state index contributed by atoms with van der Waals surface area (Å²) in [4.78, 5) is 16.0. The van der Waals surface area contributed by atoms with Gasteiger partial charge in [-0.1, -0.05) is 23.2 Å². The van der Waals surface area contributed by atoms with Crippen LogP contribution in [-0.4, -0.2) is 20.7 Å². The summed E-state index contributed by atoms with van der Waals surface area (Å²) in [6, 6.07) is 1.27. The van der Waals surface area contributed by atoms with Crippen LogP contribution in [0.5, 0.6) is 0 Å². The van der Waals surface area contributed by atoms with Gasteiger partial charge < -0.3 is 5.32 Å². The quantitative estimate of drug-likeness (QED) is 0.886. The van der Waals surface area contributed by atoms with Crippen molar-refractivity contribution >= 4 is 29.1 Å². The molecule has 5 nitrogen and oxygen atoms in total. The first-order valence-electron chi connectivity index (χ1n) is 6.00. The highest BCUT2D eigenvalue weighted by molar-refractivity contribution is 6.35. The fourth-order valence-corrected chi connectivity index (χ4v) is 2.23. The van der Waals surface area contributed by atoms with E-state index in [-0.39, 0.29) is 22.1 Å². The van der Waals surface area contributed by atoms with E-state index in [2.05, 4.69) is 15.4 Å². The van der Waals surface area contributed by atoms with Gasteiger partial charge in [-0.2, -0.15) is 5.10 Å². The first kappa shape index (κ1) is 14.8. The maximum absolute atomic E-state index is 12.2. The van der Waals surface area contributed by atoms with E-state index in [1.54, 1.807) is 10.9 Å². The number of carbonyl (C=O) groups excluding carboxylic acids is 1. The van der Waals surface area contributed by atoms with E-state index in [0.29, 0.717) is 5.56 Å². The Hall–Kier alpha value is -1.59. The zero-order chi connectivity index (χ0) is 14.9. The van der Waals surface area contributed by atoms with E-state index in [0.717, 1.165) is 11.3 Å². The van der Waals surface area contributed by atoms with Crippen molar-refractivity contribution < 1.29 is 4.79 Å². The van der Waals surface area contributed by atoms with E-state index < -0.39 is 0 Å². The number of nitrogens with zero attached hydrogens (tertiary/aromatic N) is 3. The Labute approximate surface area is 126 Å². The van der Waals surface area contributed by atoms with E-state index in [4.69, 9.17) is 23.2 Å². The largest absolute Gasteiger partial charge is 0.345 e. The van der Waals surface area contributed by atoms with Crippen LogP contribution in [0.2, 0.25) is 10.2 Å². The predicted molar refractivity (Wildman–Crippen MR) is 78.1 cm³/mol. The fraction of sp³-hybridized carbons (Fsp3) is 0.308. The van der Waals surface area contributed by atoms with Crippen molar-refractivity contribution in [1.82, 2.24) is 20.1 Å². The highest BCUT2D eigenvalue weighted by Crippen LogP contribution is 2.21. The summed E-state index contributed by atoms with van der Waals surface area (Å²) in [5.74, 6) is -0.296. The summed E-state index contributed by atoms with van der Waals surface area (Å²) < 4.78 is 1.76. The molecule has 1 atom stereocenters. The topological polar surface area (TPSA) is 59.8 Å². The van der Waals surface area contributed by atoms with Crippen molar-refractivity contribution in [3.63, 3.8) is 0 Å². The third-order valence-electron chi connectivity index (χ3n) is 3.15. The van der Waals surface area contributed by atoms with E-state index in [1.165, 1.54) is 12.3 Å². The van der Waals surface area contributed by atoms with Gasteiger partial charge in [0.1, 0.15) is 5.15 Å². The molecule has 0 saturated carbocycles. The molecule has 0 bridgehead atoms. The third kappa shape index (κ3) is 2.94. The second kappa shape index (κ2) is 5.81. The van der Waals surface area contributed by atoms with Gasteiger partial charge in [0.2, 0.25) is 0 Å². The normalized spacial score (nSPS) is 12.2. The molecule has 2 heterocycles. The van der Waals surface area contributed by atoms with Crippen LogP contribution < -0.4 is 5.32 Å². The highest BCUT2D eigenvalue weighted by atomic mass is 35.5. The Kier molecular flexibility index (Phi) is 4.30. The molecule has 0 fully saturated rings. The average molecular weight is 313 g/mol. The van der Waals surface area contributed by atoms with Crippen LogP contribution >= 0.6 is 23.2 Å². The van der Waals surface area contributed by atoms with Crippen LogP contribution in [-0.2, 0) is 7.05 Å². The highest BCUT2D eigenvalue weighted by Gasteiger charge is 2.17. The van der Waals surface area contributed by atoms with Crippen molar-refractivity contribution in [3.05, 3.63) is 45.5 Å². The minimum atomic E-state index is -0.296. The second-order valence-corrected chi connectivity index (χ2v) is 5.29. The molecule has 0 saturated heterocycles. The summed E-state index contributed by atoms with van der Waals surface area (Å²) in [6.45, 7) is 3.83. The van der Waals surface area contributed by atoms with Gasteiger partial charge in [0, 0.05) is 24.5 Å². The number of hydrogen-bond donors (Lipinski definition) is 1. The number of amides is 1. The summed E-state index contributed by atoms with van der Waals surface area (Å²) in [6.07, 6.45) is 3.10. The molecule has 1 N–H and O–H groups in total. The molecule has 0 aromatic carbocycles. The smallest absolute Gasteiger partial charge is 0.253 e. The van der Waals surface area contributed by atoms with Crippen LogP contribution in [0.25, 0.3) is 0 Å². The Bertz CT molecular complexity index is 654. The Balaban J connectivity index is 2.19. The van der Waals surface area contributed by atoms with Gasteiger partial charge in [-0.15, -0.1) is 0 Å². The molecule has 2 aromatic heterocycles. The number of rotatable bonds is 3. The van der Waals surface area contributed by atoms with Gasteiger partial charge in [0.25, 0.3) is 5.91 Å². The molecule has 1 unspecified atom stereocenters. The zero-order valence-corrected chi connectivity index (χ0v) is 12.8. The lowest BCUT2D eigenvalue weighted by Crippen LogP contribution is -2.27. The summed E-state index contributed by atoms with van der Waals surface area (Å²) in [5.41, 5.74) is 2.26. The molecule has 0 aliphatic carbocycles. The number of carbonyl (C=O) groups is 1. The SMILES string of the molecule is Cc1c(C(C)NC(=O)c2cc(Cl)ncc2Cl)cnn1C. The predicted octanol–water partition coefficient (Wildman–Crippen LogP) is 2.92. The number of halogens is 2. The number of aryl methyl sites for hydroxylation is 1. The molecular formula is C13H14Cl2N4O. The van der Waals surface area contributed by atoms with Gasteiger partial charge in [0.05, 0.1) is 22.8 Å². The van der Waals surface area contributed by atoms with E-state index in [9.17, 15) is 4.79 Å². The molecule has 106 valence electrons. The molecule has 2 aromatic rings. The Morgan fingerprint density at radius 2 is 2.10 bits per heavy atom. The molecular weight excluding hydrogens is 299 g/mol.